The number of para-hydroxylation sites is 1. The van der Waals surface area contributed by atoms with E-state index in [1.807, 2.05) is 18.2 Å². The number of hydrogen-bond donors (Lipinski definition) is 1. The lowest BCUT2D eigenvalue weighted by Crippen LogP contribution is -2.39. The van der Waals surface area contributed by atoms with E-state index >= 15 is 0 Å². The average molecular weight is 350 g/mol. The molecule has 1 aromatic carbocycles. The fourth-order valence-electron chi connectivity index (χ4n) is 3.64. The topological polar surface area (TPSA) is 71.0 Å². The van der Waals surface area contributed by atoms with Crippen LogP contribution in [-0.4, -0.2) is 32.5 Å². The fraction of sp³-hybridized carbons (Fsp3) is 0.350. The zero-order valence-corrected chi connectivity index (χ0v) is 14.8. The van der Waals surface area contributed by atoms with Gasteiger partial charge in [0.1, 0.15) is 0 Å². The second kappa shape index (κ2) is 6.88. The number of fused-ring (bicyclic) bond motifs is 1. The molecule has 0 aliphatic carbocycles. The number of nitrogens with one attached hydrogen (secondary N) is 1. The largest absolute Gasteiger partial charge is 0.328 e. The molecule has 6 heteroatoms. The zero-order chi connectivity index (χ0) is 18.1. The molecule has 26 heavy (non-hydrogen) atoms. The molecule has 0 spiro atoms. The second-order valence-corrected chi connectivity index (χ2v) is 6.98. The molecule has 1 fully saturated rings. The van der Waals surface area contributed by atoms with Crippen LogP contribution in [0.15, 0.2) is 52.2 Å². The van der Waals surface area contributed by atoms with Gasteiger partial charge in [0.2, 0.25) is 0 Å². The summed E-state index contributed by atoms with van der Waals surface area (Å²) in [5.74, 6) is 0. The minimum atomic E-state index is -0.310. The van der Waals surface area contributed by atoms with Crippen molar-refractivity contribution in [2.24, 2.45) is 0 Å². The quantitative estimate of drug-likeness (QED) is 0.786. The Balaban J connectivity index is 1.44. The zero-order valence-electron chi connectivity index (χ0n) is 14.8. The number of aromatic nitrogens is 3. The van der Waals surface area contributed by atoms with E-state index in [0.717, 1.165) is 49.1 Å². The first-order chi connectivity index (χ1) is 12.6. The monoisotopic (exact) mass is 350 g/mol. The summed E-state index contributed by atoms with van der Waals surface area (Å²) in [4.78, 5) is 33.1. The Kier molecular flexibility index (Phi) is 4.42. The lowest BCUT2D eigenvalue weighted by Gasteiger charge is -2.32. The molecule has 0 amide bonds. The van der Waals surface area contributed by atoms with Crippen LogP contribution < -0.4 is 11.2 Å². The number of likely N-dealkylation sites (tertiary alicyclic amines) is 1. The molecule has 1 N–H and O–H groups in total. The van der Waals surface area contributed by atoms with Crippen LogP contribution in [0.1, 0.15) is 30.1 Å². The van der Waals surface area contributed by atoms with Crippen molar-refractivity contribution in [3.8, 4) is 0 Å². The van der Waals surface area contributed by atoms with E-state index in [9.17, 15) is 9.59 Å². The summed E-state index contributed by atoms with van der Waals surface area (Å²) >= 11 is 0. The van der Waals surface area contributed by atoms with Gasteiger partial charge in [-0.1, -0.05) is 24.3 Å². The molecule has 0 bridgehead atoms. The van der Waals surface area contributed by atoms with E-state index in [-0.39, 0.29) is 17.3 Å². The maximum atomic E-state index is 12.1. The Hall–Kier alpha value is -2.73. The maximum Gasteiger partial charge on any atom is 0.328 e. The third kappa shape index (κ3) is 3.32. The van der Waals surface area contributed by atoms with Crippen LogP contribution in [0.2, 0.25) is 0 Å². The molecule has 4 rings (SSSR count). The summed E-state index contributed by atoms with van der Waals surface area (Å²) in [6.45, 7) is 4.36. The molecule has 1 aliphatic heterocycles. The molecule has 3 heterocycles. The number of aryl methyl sites for hydroxylation is 1. The molecule has 0 radical (unpaired) electrons. The molecule has 2 aromatic heterocycles. The van der Waals surface area contributed by atoms with Crippen molar-refractivity contribution >= 4 is 10.9 Å². The molecule has 1 aliphatic rings. The number of piperidine rings is 1. The molecule has 3 aromatic rings. The number of pyridine rings is 1. The van der Waals surface area contributed by atoms with Crippen molar-refractivity contribution in [1.29, 1.82) is 0 Å². The highest BCUT2D eigenvalue weighted by Crippen LogP contribution is 2.22. The van der Waals surface area contributed by atoms with Crippen molar-refractivity contribution in [1.82, 2.24) is 19.4 Å². The van der Waals surface area contributed by atoms with Gasteiger partial charge in [0.05, 0.1) is 11.2 Å². The van der Waals surface area contributed by atoms with Gasteiger partial charge in [-0.05, 0) is 31.9 Å². The standard InChI is InChI=1S/C20H22N4O2/c1-14-12-24(20(26)22-19(14)25)17-8-10-23(11-9-17)13-16-7-6-15-4-2-3-5-18(15)21-16/h2-7,12,17H,8-11,13H2,1H3,(H,22,25,26). The Bertz CT molecular complexity index is 1050. The first kappa shape index (κ1) is 16.7. The fourth-order valence-corrected chi connectivity index (χ4v) is 3.64. The average Bonchev–Trinajstić information content (AvgIpc) is 2.65. The number of hydrogen-bond acceptors (Lipinski definition) is 4. The van der Waals surface area contributed by atoms with Gasteiger partial charge >= 0.3 is 5.69 Å². The number of H-pyrrole nitrogens is 1. The molecular formula is C20H22N4O2. The first-order valence-electron chi connectivity index (χ1n) is 8.99. The predicted molar refractivity (Wildman–Crippen MR) is 101 cm³/mol. The van der Waals surface area contributed by atoms with Gasteiger partial charge in [-0.25, -0.2) is 4.79 Å². The molecule has 0 unspecified atom stereocenters. The van der Waals surface area contributed by atoms with E-state index in [4.69, 9.17) is 4.98 Å². The summed E-state index contributed by atoms with van der Waals surface area (Å²) in [7, 11) is 0. The smallest absolute Gasteiger partial charge is 0.297 e. The summed E-state index contributed by atoms with van der Waals surface area (Å²) in [6, 6.07) is 12.5. The van der Waals surface area contributed by atoms with Crippen LogP contribution >= 0.6 is 0 Å². The van der Waals surface area contributed by atoms with Crippen molar-refractivity contribution in [3.63, 3.8) is 0 Å². The third-order valence-corrected chi connectivity index (χ3v) is 5.14. The summed E-state index contributed by atoms with van der Waals surface area (Å²) in [5.41, 5.74) is 2.06. The highest BCUT2D eigenvalue weighted by Gasteiger charge is 2.22. The van der Waals surface area contributed by atoms with E-state index in [1.54, 1.807) is 17.7 Å². The lowest BCUT2D eigenvalue weighted by atomic mass is 10.0. The Morgan fingerprint density at radius 2 is 1.88 bits per heavy atom. The highest BCUT2D eigenvalue weighted by molar-refractivity contribution is 5.78. The summed E-state index contributed by atoms with van der Waals surface area (Å²) in [6.07, 6.45) is 3.46. The van der Waals surface area contributed by atoms with E-state index in [0.29, 0.717) is 5.56 Å². The molecule has 6 nitrogen and oxygen atoms in total. The lowest BCUT2D eigenvalue weighted by molar-refractivity contribution is 0.175. The van der Waals surface area contributed by atoms with Gasteiger partial charge in [0, 0.05) is 42.8 Å². The number of aromatic amines is 1. The van der Waals surface area contributed by atoms with E-state index in [2.05, 4.69) is 28.1 Å². The molecule has 1 saturated heterocycles. The van der Waals surface area contributed by atoms with Gasteiger partial charge in [0.25, 0.3) is 5.56 Å². The van der Waals surface area contributed by atoms with Gasteiger partial charge in [-0.15, -0.1) is 0 Å². The predicted octanol–water partition coefficient (Wildman–Crippen LogP) is 2.23. The van der Waals surface area contributed by atoms with Gasteiger partial charge < -0.3 is 0 Å². The van der Waals surface area contributed by atoms with Crippen LogP contribution in [0.4, 0.5) is 0 Å². The van der Waals surface area contributed by atoms with Gasteiger partial charge in [-0.2, -0.15) is 0 Å². The van der Waals surface area contributed by atoms with Crippen LogP contribution in [0.3, 0.4) is 0 Å². The summed E-state index contributed by atoms with van der Waals surface area (Å²) < 4.78 is 1.68. The highest BCUT2D eigenvalue weighted by atomic mass is 16.2. The molecule has 134 valence electrons. The number of rotatable bonds is 3. The van der Waals surface area contributed by atoms with Crippen molar-refractivity contribution in [3.05, 3.63) is 74.7 Å². The molecule has 0 saturated carbocycles. The second-order valence-electron chi connectivity index (χ2n) is 6.98. The normalized spacial score (nSPS) is 16.2. The minimum absolute atomic E-state index is 0.138. The van der Waals surface area contributed by atoms with Crippen molar-refractivity contribution in [2.45, 2.75) is 32.4 Å². The van der Waals surface area contributed by atoms with Crippen LogP contribution in [0, 0.1) is 6.92 Å². The Morgan fingerprint density at radius 3 is 2.69 bits per heavy atom. The van der Waals surface area contributed by atoms with E-state index < -0.39 is 0 Å². The maximum absolute atomic E-state index is 12.1. The van der Waals surface area contributed by atoms with Crippen LogP contribution in [0.5, 0.6) is 0 Å². The van der Waals surface area contributed by atoms with E-state index in [1.165, 1.54) is 0 Å². The Labute approximate surface area is 151 Å². The van der Waals surface area contributed by atoms with Crippen LogP contribution in [0.25, 0.3) is 10.9 Å². The summed E-state index contributed by atoms with van der Waals surface area (Å²) in [5, 5.41) is 1.16. The Morgan fingerprint density at radius 1 is 1.12 bits per heavy atom. The number of nitrogens with zero attached hydrogens (tertiary/aromatic N) is 3. The van der Waals surface area contributed by atoms with Gasteiger partial charge in [-0.3, -0.25) is 24.2 Å². The third-order valence-electron chi connectivity index (χ3n) is 5.14. The molecular weight excluding hydrogens is 328 g/mol. The first-order valence-corrected chi connectivity index (χ1v) is 8.99. The van der Waals surface area contributed by atoms with Crippen LogP contribution in [-0.2, 0) is 6.54 Å². The van der Waals surface area contributed by atoms with Gasteiger partial charge in [0.15, 0.2) is 0 Å². The SMILES string of the molecule is Cc1cn(C2CCN(Cc3ccc4ccccc4n3)CC2)c(=O)[nH]c1=O. The van der Waals surface area contributed by atoms with Crippen molar-refractivity contribution < 1.29 is 0 Å². The minimum Gasteiger partial charge on any atom is -0.297 e. The van der Waals surface area contributed by atoms with Crippen molar-refractivity contribution in [2.75, 3.05) is 13.1 Å². The molecule has 0 atom stereocenters. The number of benzene rings is 1.